The Morgan fingerprint density at radius 2 is 1.74 bits per heavy atom. The molecule has 0 fully saturated rings. The largest absolute Gasteiger partial charge is 0.493 e. The van der Waals surface area contributed by atoms with Crippen LogP contribution < -0.4 is 28.4 Å². The molecule has 38 heavy (non-hydrogen) atoms. The molecular formula is C28H30O10. The lowest BCUT2D eigenvalue weighted by molar-refractivity contribution is -0.107. The summed E-state index contributed by atoms with van der Waals surface area (Å²) in [6.07, 6.45) is 1.92. The molecule has 1 aliphatic carbocycles. The highest BCUT2D eigenvalue weighted by Gasteiger charge is 2.47. The van der Waals surface area contributed by atoms with Crippen LogP contribution in [0, 0.1) is 5.92 Å². The molecular weight excluding hydrogens is 496 g/mol. The lowest BCUT2D eigenvalue weighted by atomic mass is 9.73. The quantitative estimate of drug-likeness (QED) is 0.459. The minimum Gasteiger partial charge on any atom is -0.493 e. The van der Waals surface area contributed by atoms with Gasteiger partial charge in [-0.25, -0.2) is 4.79 Å². The van der Waals surface area contributed by atoms with Crippen molar-refractivity contribution in [3.05, 3.63) is 47.4 Å². The summed E-state index contributed by atoms with van der Waals surface area (Å²) in [5, 5.41) is 12.0. The minimum absolute atomic E-state index is 0.0444. The molecule has 0 saturated carbocycles. The molecule has 0 saturated heterocycles. The second-order valence-electron chi connectivity index (χ2n) is 9.42. The van der Waals surface area contributed by atoms with Gasteiger partial charge in [0.2, 0.25) is 18.3 Å². The van der Waals surface area contributed by atoms with Crippen molar-refractivity contribution in [2.45, 2.75) is 32.0 Å². The second kappa shape index (κ2) is 9.68. The van der Waals surface area contributed by atoms with E-state index in [-0.39, 0.29) is 18.3 Å². The Balaban J connectivity index is 1.88. The van der Waals surface area contributed by atoms with Crippen LogP contribution in [0.5, 0.6) is 34.5 Å². The number of benzene rings is 2. The lowest BCUT2D eigenvalue weighted by Crippen LogP contribution is -2.43. The van der Waals surface area contributed by atoms with Crippen LogP contribution in [0.15, 0.2) is 35.1 Å². The summed E-state index contributed by atoms with van der Waals surface area (Å²) in [6, 6.07) is 5.06. The molecule has 202 valence electrons. The van der Waals surface area contributed by atoms with Crippen molar-refractivity contribution in [2.24, 2.45) is 5.92 Å². The molecule has 0 amide bonds. The maximum Gasteiger partial charge on any atom is 0.342 e. The standard InChI is InChI=1S/C28H30O10/c1-14-9-16-10-19-23(37-13-36-19)24(33-5)20(16)21-17(11-18(31-3)22(32-4)25(21)34-6)26(28(14,2)30)38-27(29)15-7-8-35-12-15/h7-8,10-12,14,26,30H,9,13H2,1-6H3/t14-,26-,28-/m0/s1. The van der Waals surface area contributed by atoms with Gasteiger partial charge in [-0.15, -0.1) is 0 Å². The zero-order valence-electron chi connectivity index (χ0n) is 22.1. The predicted octanol–water partition coefficient (Wildman–Crippen LogP) is 4.55. The van der Waals surface area contributed by atoms with E-state index in [1.807, 2.05) is 13.0 Å². The molecule has 1 N–H and O–H groups in total. The topological polar surface area (TPSA) is 115 Å². The number of rotatable bonds is 6. The highest BCUT2D eigenvalue weighted by atomic mass is 16.7. The third kappa shape index (κ3) is 3.87. The first-order valence-corrected chi connectivity index (χ1v) is 12.0. The smallest absolute Gasteiger partial charge is 0.342 e. The average molecular weight is 527 g/mol. The van der Waals surface area contributed by atoms with Crippen LogP contribution in [0.3, 0.4) is 0 Å². The van der Waals surface area contributed by atoms with Crippen molar-refractivity contribution in [3.8, 4) is 45.6 Å². The number of fused-ring (bicyclic) bond motifs is 4. The monoisotopic (exact) mass is 526 g/mol. The van der Waals surface area contributed by atoms with Crippen molar-refractivity contribution < 1.29 is 47.5 Å². The fourth-order valence-corrected chi connectivity index (χ4v) is 5.18. The van der Waals surface area contributed by atoms with Crippen LogP contribution in [0.25, 0.3) is 11.1 Å². The number of hydrogen-bond acceptors (Lipinski definition) is 10. The highest BCUT2D eigenvalue weighted by molar-refractivity contribution is 5.91. The zero-order valence-corrected chi connectivity index (χ0v) is 22.1. The first-order valence-electron chi connectivity index (χ1n) is 12.0. The van der Waals surface area contributed by atoms with E-state index in [0.29, 0.717) is 57.6 Å². The molecule has 3 aromatic rings. The van der Waals surface area contributed by atoms with Crippen LogP contribution in [-0.4, -0.2) is 51.9 Å². The molecule has 10 nitrogen and oxygen atoms in total. The summed E-state index contributed by atoms with van der Waals surface area (Å²) in [7, 11) is 6.04. The van der Waals surface area contributed by atoms with Gasteiger partial charge in [0, 0.05) is 16.7 Å². The summed E-state index contributed by atoms with van der Waals surface area (Å²) in [6.45, 7) is 3.58. The summed E-state index contributed by atoms with van der Waals surface area (Å²) < 4.78 is 45.7. The molecule has 5 rings (SSSR count). The van der Waals surface area contributed by atoms with Gasteiger partial charge in [0.1, 0.15) is 11.9 Å². The molecule has 3 atom stereocenters. The summed E-state index contributed by atoms with van der Waals surface area (Å²) in [5.74, 6) is 1.34. The van der Waals surface area contributed by atoms with Gasteiger partial charge in [0.05, 0.1) is 40.3 Å². The lowest BCUT2D eigenvalue weighted by Gasteiger charge is -2.41. The van der Waals surface area contributed by atoms with E-state index in [2.05, 4.69) is 0 Å². The second-order valence-corrected chi connectivity index (χ2v) is 9.42. The Bertz CT molecular complexity index is 1360. The fraction of sp³-hybridized carbons (Fsp3) is 0.393. The molecule has 2 aromatic carbocycles. The maximum atomic E-state index is 13.2. The van der Waals surface area contributed by atoms with Gasteiger partial charge in [-0.2, -0.15) is 0 Å². The number of hydrogen-bond donors (Lipinski definition) is 1. The molecule has 1 aromatic heterocycles. The first kappa shape index (κ1) is 25.6. The Hall–Kier alpha value is -4.05. The van der Waals surface area contributed by atoms with E-state index >= 15 is 0 Å². The molecule has 0 spiro atoms. The normalized spacial score (nSPS) is 21.4. The molecule has 0 bridgehead atoms. The van der Waals surface area contributed by atoms with Gasteiger partial charge in [0.25, 0.3) is 0 Å². The number of esters is 1. The number of carbonyl (C=O) groups excluding carboxylic acids is 1. The Morgan fingerprint density at radius 1 is 1.00 bits per heavy atom. The van der Waals surface area contributed by atoms with E-state index in [1.165, 1.54) is 39.9 Å². The van der Waals surface area contributed by atoms with E-state index in [9.17, 15) is 9.90 Å². The number of carbonyl (C=O) groups is 1. The van der Waals surface area contributed by atoms with Crippen LogP contribution in [-0.2, 0) is 11.2 Å². The third-order valence-corrected chi connectivity index (χ3v) is 7.33. The van der Waals surface area contributed by atoms with Gasteiger partial charge in [-0.3, -0.25) is 0 Å². The van der Waals surface area contributed by atoms with Crippen LogP contribution >= 0.6 is 0 Å². The van der Waals surface area contributed by atoms with Gasteiger partial charge in [-0.05, 0) is 43.0 Å². The first-order chi connectivity index (χ1) is 18.3. The van der Waals surface area contributed by atoms with Crippen molar-refractivity contribution in [2.75, 3.05) is 35.2 Å². The summed E-state index contributed by atoms with van der Waals surface area (Å²) >= 11 is 0. The van der Waals surface area contributed by atoms with Gasteiger partial charge < -0.3 is 42.7 Å². The number of aliphatic hydroxyl groups is 1. The van der Waals surface area contributed by atoms with E-state index in [0.717, 1.165) is 5.56 Å². The van der Waals surface area contributed by atoms with Gasteiger partial charge in [0.15, 0.2) is 29.1 Å². The molecule has 2 heterocycles. The molecule has 10 heteroatoms. The van der Waals surface area contributed by atoms with Crippen molar-refractivity contribution in [3.63, 3.8) is 0 Å². The van der Waals surface area contributed by atoms with Gasteiger partial charge >= 0.3 is 5.97 Å². The molecule has 0 radical (unpaired) electrons. The fourth-order valence-electron chi connectivity index (χ4n) is 5.18. The molecule has 0 unspecified atom stereocenters. The maximum absolute atomic E-state index is 13.2. The van der Waals surface area contributed by atoms with E-state index in [4.69, 9.17) is 37.6 Å². The van der Waals surface area contributed by atoms with Crippen LogP contribution in [0.4, 0.5) is 0 Å². The molecule has 1 aliphatic heterocycles. The van der Waals surface area contributed by atoms with Crippen molar-refractivity contribution >= 4 is 5.97 Å². The highest BCUT2D eigenvalue weighted by Crippen LogP contribution is 2.59. The van der Waals surface area contributed by atoms with E-state index < -0.39 is 17.7 Å². The minimum atomic E-state index is -1.53. The summed E-state index contributed by atoms with van der Waals surface area (Å²) in [4.78, 5) is 13.2. The average Bonchev–Trinajstić information content (AvgIpc) is 3.61. The number of furan rings is 1. The van der Waals surface area contributed by atoms with Crippen molar-refractivity contribution in [1.82, 2.24) is 0 Å². The third-order valence-electron chi connectivity index (χ3n) is 7.33. The zero-order chi connectivity index (χ0) is 27.2. The van der Waals surface area contributed by atoms with E-state index in [1.54, 1.807) is 20.1 Å². The number of methoxy groups -OCH3 is 4. The molecule has 2 aliphatic rings. The van der Waals surface area contributed by atoms with Gasteiger partial charge in [-0.1, -0.05) is 6.92 Å². The number of ether oxygens (including phenoxy) is 7. The Kier molecular flexibility index (Phi) is 6.52. The SMILES string of the molecule is COc1cc2c(c(OC)c1OC)-c1c(cc3c(c1OC)OCO3)C[C@H](C)[C@](C)(O)[C@H]2OC(=O)c1ccoc1. The Labute approximate surface area is 219 Å². The van der Waals surface area contributed by atoms with Crippen LogP contribution in [0.1, 0.15) is 41.4 Å². The van der Waals surface area contributed by atoms with Crippen LogP contribution in [0.2, 0.25) is 0 Å². The van der Waals surface area contributed by atoms with Crippen molar-refractivity contribution in [1.29, 1.82) is 0 Å². The summed E-state index contributed by atoms with van der Waals surface area (Å²) in [5.41, 5.74) is 1.10. The predicted molar refractivity (Wildman–Crippen MR) is 135 cm³/mol. The Morgan fingerprint density at radius 3 is 2.37 bits per heavy atom.